The van der Waals surface area contributed by atoms with Gasteiger partial charge in [-0.1, -0.05) is 0 Å². The normalized spacial score (nSPS) is 16.5. The van der Waals surface area contributed by atoms with Gasteiger partial charge in [-0.05, 0) is 39.3 Å². The number of nitrogens with zero attached hydrogens (tertiary/aromatic N) is 2. The molecule has 182 valence electrons. The van der Waals surface area contributed by atoms with E-state index in [1.54, 1.807) is 45.1 Å². The van der Waals surface area contributed by atoms with Crippen molar-refractivity contribution in [3.8, 4) is 16.2 Å². The van der Waals surface area contributed by atoms with E-state index in [1.807, 2.05) is 13.0 Å². The van der Waals surface area contributed by atoms with Crippen LogP contribution in [-0.2, 0) is 17.4 Å². The smallest absolute Gasteiger partial charge is 0.274 e. The van der Waals surface area contributed by atoms with E-state index in [9.17, 15) is 19.5 Å². The first kappa shape index (κ1) is 24.0. The minimum absolute atomic E-state index is 0.0254. The summed E-state index contributed by atoms with van der Waals surface area (Å²) in [6.45, 7) is 6.03. The highest BCUT2D eigenvalue weighted by Gasteiger charge is 2.30. The van der Waals surface area contributed by atoms with Gasteiger partial charge in [-0.3, -0.25) is 14.4 Å². The quantitative estimate of drug-likeness (QED) is 0.475. The van der Waals surface area contributed by atoms with Crippen molar-refractivity contribution in [1.82, 2.24) is 19.8 Å². The monoisotopic (exact) mass is 486 g/mol. The Morgan fingerprint density at radius 2 is 2.06 bits per heavy atom. The second-order valence-electron chi connectivity index (χ2n) is 9.16. The molecule has 1 aliphatic rings. The van der Waals surface area contributed by atoms with Crippen LogP contribution in [0.3, 0.4) is 0 Å². The number of H-pyrrole nitrogens is 1. The van der Waals surface area contributed by atoms with E-state index in [-0.39, 0.29) is 23.4 Å². The molecule has 3 aromatic heterocycles. The van der Waals surface area contributed by atoms with Crippen molar-refractivity contribution in [2.24, 2.45) is 7.05 Å². The fraction of sp³-hybridized carbons (Fsp3) is 0.458. The molecule has 1 saturated heterocycles. The van der Waals surface area contributed by atoms with Crippen molar-refractivity contribution in [3.05, 3.63) is 39.3 Å². The first-order valence-electron chi connectivity index (χ1n) is 11.3. The number of likely N-dealkylation sites (tertiary alicyclic amines) is 1. The number of aromatic nitrogens is 2. The Labute approximate surface area is 201 Å². The van der Waals surface area contributed by atoms with Gasteiger partial charge in [0.25, 0.3) is 11.5 Å². The number of nitrogens with one attached hydrogen (secondary N) is 2. The summed E-state index contributed by atoms with van der Waals surface area (Å²) in [6, 6.07) is 3.46. The average molecular weight is 487 g/mol. The predicted octanol–water partition coefficient (Wildman–Crippen LogP) is 2.57. The lowest BCUT2D eigenvalue weighted by atomic mass is 10.1. The van der Waals surface area contributed by atoms with Crippen LogP contribution in [0, 0.1) is 0 Å². The number of ether oxygens (including phenoxy) is 1. The standard InChI is InChI=1S/C24H30N4O5S/c1-6-25-22(30)16-9-14-15(11-27(4)23(31)20(14)26-16)21-17(10-18(34-21)24(2,3)32)33-12-13-7-8-19(29)28(13)5/h9-11,13,26,32H,6-8,12H2,1-5H3,(H,25,30). The second-order valence-corrected chi connectivity index (χ2v) is 10.2. The number of carbonyl (C=O) groups excluding carboxylic acids is 2. The Hall–Kier alpha value is -3.11. The lowest BCUT2D eigenvalue weighted by Gasteiger charge is -2.20. The van der Waals surface area contributed by atoms with Gasteiger partial charge in [0.2, 0.25) is 5.91 Å². The number of aliphatic hydroxyl groups is 1. The van der Waals surface area contributed by atoms with Crippen molar-refractivity contribution < 1.29 is 19.4 Å². The number of hydrogen-bond donors (Lipinski definition) is 3. The third kappa shape index (κ3) is 4.35. The third-order valence-corrected chi connectivity index (χ3v) is 7.62. The summed E-state index contributed by atoms with van der Waals surface area (Å²) in [5, 5.41) is 14.0. The van der Waals surface area contributed by atoms with E-state index in [2.05, 4.69) is 10.3 Å². The van der Waals surface area contributed by atoms with E-state index in [4.69, 9.17) is 4.74 Å². The van der Waals surface area contributed by atoms with Crippen LogP contribution in [0.2, 0.25) is 0 Å². The number of fused-ring (bicyclic) bond motifs is 1. The highest BCUT2D eigenvalue weighted by atomic mass is 32.1. The molecule has 9 nitrogen and oxygen atoms in total. The molecule has 0 bridgehead atoms. The van der Waals surface area contributed by atoms with Gasteiger partial charge in [-0.2, -0.15) is 0 Å². The largest absolute Gasteiger partial charge is 0.490 e. The molecule has 3 N–H and O–H groups in total. The Kier molecular flexibility index (Phi) is 6.30. The molecule has 2 amide bonds. The Morgan fingerprint density at radius 1 is 1.32 bits per heavy atom. The zero-order valence-electron chi connectivity index (χ0n) is 20.0. The summed E-state index contributed by atoms with van der Waals surface area (Å²) in [7, 11) is 3.43. The highest BCUT2D eigenvalue weighted by Crippen LogP contribution is 2.44. The SMILES string of the molecule is CCNC(=O)c1cc2c(-c3sc(C(C)(C)O)cc3OCC3CCC(=O)N3C)cn(C)c(=O)c2[nH]1. The second kappa shape index (κ2) is 8.92. The van der Waals surface area contributed by atoms with Gasteiger partial charge in [0, 0.05) is 49.1 Å². The molecule has 0 radical (unpaired) electrons. The van der Waals surface area contributed by atoms with Crippen LogP contribution in [-0.4, -0.2) is 57.6 Å². The number of aryl methyl sites for hydroxylation is 1. The lowest BCUT2D eigenvalue weighted by Crippen LogP contribution is -2.33. The molecule has 1 fully saturated rings. The van der Waals surface area contributed by atoms with E-state index in [1.165, 1.54) is 15.9 Å². The Balaban J connectivity index is 1.82. The molecule has 0 saturated carbocycles. The van der Waals surface area contributed by atoms with Crippen LogP contribution in [0.15, 0.2) is 23.1 Å². The maximum absolute atomic E-state index is 12.8. The predicted molar refractivity (Wildman–Crippen MR) is 131 cm³/mol. The number of hydrogen-bond acceptors (Lipinski definition) is 6. The van der Waals surface area contributed by atoms with Gasteiger partial charge in [0.1, 0.15) is 23.6 Å². The minimum atomic E-state index is -1.09. The summed E-state index contributed by atoms with van der Waals surface area (Å²) >= 11 is 1.38. The number of rotatable bonds is 7. The minimum Gasteiger partial charge on any atom is -0.490 e. The van der Waals surface area contributed by atoms with Crippen LogP contribution in [0.25, 0.3) is 21.3 Å². The Bertz CT molecular complexity index is 1310. The van der Waals surface area contributed by atoms with Gasteiger partial charge < -0.3 is 29.6 Å². The number of aromatic amines is 1. The molecule has 34 heavy (non-hydrogen) atoms. The van der Waals surface area contributed by atoms with Crippen LogP contribution in [0.4, 0.5) is 0 Å². The Morgan fingerprint density at radius 3 is 2.68 bits per heavy atom. The maximum atomic E-state index is 12.8. The lowest BCUT2D eigenvalue weighted by molar-refractivity contribution is -0.127. The fourth-order valence-corrected chi connectivity index (χ4v) is 5.24. The summed E-state index contributed by atoms with van der Waals surface area (Å²) in [4.78, 5) is 43.3. The van der Waals surface area contributed by atoms with E-state index in [0.717, 1.165) is 16.9 Å². The number of likely N-dealkylation sites (N-methyl/N-ethyl adjacent to an activating group) is 1. The first-order chi connectivity index (χ1) is 16.0. The van der Waals surface area contributed by atoms with Crippen LogP contribution in [0.1, 0.15) is 49.0 Å². The molecule has 3 aromatic rings. The van der Waals surface area contributed by atoms with Crippen LogP contribution >= 0.6 is 11.3 Å². The van der Waals surface area contributed by atoms with E-state index >= 15 is 0 Å². The zero-order chi connectivity index (χ0) is 24.8. The molecule has 10 heteroatoms. The molecular formula is C24H30N4O5S. The molecule has 1 atom stereocenters. The van der Waals surface area contributed by atoms with Gasteiger partial charge in [0.05, 0.1) is 16.5 Å². The van der Waals surface area contributed by atoms with Crippen molar-refractivity contribution in [3.63, 3.8) is 0 Å². The number of pyridine rings is 1. The molecule has 0 aliphatic carbocycles. The zero-order valence-corrected chi connectivity index (χ0v) is 20.8. The number of amides is 2. The van der Waals surface area contributed by atoms with Gasteiger partial charge in [0.15, 0.2) is 0 Å². The van der Waals surface area contributed by atoms with E-state index < -0.39 is 5.60 Å². The van der Waals surface area contributed by atoms with Crippen molar-refractivity contribution in [2.45, 2.75) is 45.3 Å². The maximum Gasteiger partial charge on any atom is 0.274 e. The molecular weight excluding hydrogens is 456 g/mol. The summed E-state index contributed by atoms with van der Waals surface area (Å²) in [6.07, 6.45) is 2.95. The molecule has 0 spiro atoms. The fourth-order valence-electron chi connectivity index (χ4n) is 4.11. The van der Waals surface area contributed by atoms with Gasteiger partial charge in [-0.25, -0.2) is 0 Å². The molecule has 1 aliphatic heterocycles. The van der Waals surface area contributed by atoms with E-state index in [0.29, 0.717) is 46.8 Å². The summed E-state index contributed by atoms with van der Waals surface area (Å²) < 4.78 is 7.68. The first-order valence-corrected chi connectivity index (χ1v) is 12.1. The molecule has 1 unspecified atom stereocenters. The van der Waals surface area contributed by atoms with Crippen molar-refractivity contribution in [2.75, 3.05) is 20.2 Å². The molecule has 4 heterocycles. The summed E-state index contributed by atoms with van der Waals surface area (Å²) in [5.74, 6) is 0.373. The van der Waals surface area contributed by atoms with Gasteiger partial charge in [-0.15, -0.1) is 11.3 Å². The molecule has 0 aromatic carbocycles. The topological polar surface area (TPSA) is 117 Å². The molecule has 4 rings (SSSR count). The third-order valence-electron chi connectivity index (χ3n) is 6.16. The average Bonchev–Trinajstić information content (AvgIpc) is 3.48. The van der Waals surface area contributed by atoms with Gasteiger partial charge >= 0.3 is 0 Å². The van der Waals surface area contributed by atoms with Crippen LogP contribution < -0.4 is 15.6 Å². The van der Waals surface area contributed by atoms with Crippen molar-refractivity contribution >= 4 is 34.1 Å². The van der Waals surface area contributed by atoms with Crippen LogP contribution in [0.5, 0.6) is 5.75 Å². The van der Waals surface area contributed by atoms with Crippen molar-refractivity contribution in [1.29, 1.82) is 0 Å². The number of carbonyl (C=O) groups is 2. The number of thiophene rings is 1. The summed E-state index contributed by atoms with van der Waals surface area (Å²) in [5.41, 5.74) is 0.00348. The highest BCUT2D eigenvalue weighted by molar-refractivity contribution is 7.16.